The average molecular weight is 127 g/mol. The Bertz CT molecular complexity index is 95.2. The monoisotopic (exact) mass is 127 g/mol. The Kier molecular flexibility index (Phi) is 1.41. The Morgan fingerprint density at radius 3 is 3.33 bits per heavy atom. The first-order chi connectivity index (χ1) is 4.47. The van der Waals surface area contributed by atoms with E-state index in [4.69, 9.17) is 4.74 Å². The molecule has 0 aromatic carbocycles. The van der Waals surface area contributed by atoms with Crippen LogP contribution >= 0.6 is 0 Å². The van der Waals surface area contributed by atoms with E-state index in [1.54, 1.807) is 0 Å². The van der Waals surface area contributed by atoms with E-state index in [1.165, 1.54) is 0 Å². The third-order valence-electron chi connectivity index (χ3n) is 2.02. The molecule has 1 N–H and O–H groups in total. The fourth-order valence-electron chi connectivity index (χ4n) is 1.45. The van der Waals surface area contributed by atoms with Crippen LogP contribution in [0, 0.1) is 5.92 Å². The molecule has 0 aromatic rings. The average Bonchev–Trinajstić information content (AvgIpc) is 2.33. The summed E-state index contributed by atoms with van der Waals surface area (Å²) in [5.41, 5.74) is 0. The van der Waals surface area contributed by atoms with E-state index in [0.29, 0.717) is 18.8 Å². The Morgan fingerprint density at radius 1 is 1.44 bits per heavy atom. The Balaban J connectivity index is 1.97. The van der Waals surface area contributed by atoms with E-state index in [1.807, 2.05) is 0 Å². The van der Waals surface area contributed by atoms with Crippen LogP contribution < -0.4 is 10.6 Å². The summed E-state index contributed by atoms with van der Waals surface area (Å²) in [6.45, 7) is 3.73. The second kappa shape index (κ2) is 2.25. The second-order valence-corrected chi connectivity index (χ2v) is 2.66. The van der Waals surface area contributed by atoms with Crippen molar-refractivity contribution in [3.63, 3.8) is 0 Å². The van der Waals surface area contributed by atoms with Crippen LogP contribution in [0.3, 0.4) is 0 Å². The number of nitrogens with one attached hydrogen (secondary N) is 1. The zero-order valence-corrected chi connectivity index (χ0v) is 5.34. The van der Waals surface area contributed by atoms with Gasteiger partial charge in [-0.3, -0.25) is 0 Å². The predicted octanol–water partition coefficient (Wildman–Crippen LogP) is -0.833. The summed E-state index contributed by atoms with van der Waals surface area (Å²) < 4.78 is 5.37. The van der Waals surface area contributed by atoms with Gasteiger partial charge in [-0.25, -0.2) is 5.32 Å². The van der Waals surface area contributed by atoms with E-state index >= 15 is 0 Å². The van der Waals surface area contributed by atoms with Crippen molar-refractivity contribution in [3.8, 4) is 0 Å². The molecule has 0 bridgehead atoms. The number of hydrogen-bond acceptors (Lipinski definition) is 2. The van der Waals surface area contributed by atoms with Crippen molar-refractivity contribution >= 4 is 0 Å². The first kappa shape index (κ1) is 5.65. The molecule has 2 rings (SSSR count). The van der Waals surface area contributed by atoms with Crippen LogP contribution in [0.25, 0.3) is 0 Å². The van der Waals surface area contributed by atoms with Crippen molar-refractivity contribution in [1.82, 2.24) is 10.6 Å². The first-order valence-corrected chi connectivity index (χ1v) is 3.42. The topological polar surface area (TPSA) is 35.4 Å². The number of rotatable bonds is 0. The van der Waals surface area contributed by atoms with Crippen molar-refractivity contribution < 1.29 is 4.74 Å². The van der Waals surface area contributed by atoms with Crippen LogP contribution in [0.15, 0.2) is 0 Å². The van der Waals surface area contributed by atoms with Crippen molar-refractivity contribution in [2.45, 2.75) is 6.10 Å². The Morgan fingerprint density at radius 2 is 2.44 bits per heavy atom. The molecule has 0 amide bonds. The lowest BCUT2D eigenvalue weighted by molar-refractivity contribution is -0.00908. The highest BCUT2D eigenvalue weighted by Gasteiger charge is 2.30. The molecule has 0 saturated carbocycles. The van der Waals surface area contributed by atoms with E-state index in [2.05, 4.69) is 10.6 Å². The molecule has 2 heterocycles. The Hall–Kier alpha value is -0.120. The molecule has 2 unspecified atom stereocenters. The summed E-state index contributed by atoms with van der Waals surface area (Å²) in [6.07, 6.45) is 0.461. The van der Waals surface area contributed by atoms with Crippen molar-refractivity contribution in [2.75, 3.05) is 26.4 Å². The highest BCUT2D eigenvalue weighted by atomic mass is 16.5. The lowest BCUT2D eigenvalue weighted by atomic mass is 10.1. The molecule has 1 radical (unpaired) electrons. The van der Waals surface area contributed by atoms with Crippen LogP contribution in [-0.4, -0.2) is 32.5 Å². The van der Waals surface area contributed by atoms with Crippen molar-refractivity contribution in [2.24, 2.45) is 5.92 Å². The zero-order chi connectivity index (χ0) is 6.10. The van der Waals surface area contributed by atoms with Crippen molar-refractivity contribution in [3.05, 3.63) is 0 Å². The van der Waals surface area contributed by atoms with Gasteiger partial charge in [0.05, 0.1) is 6.10 Å². The lowest BCUT2D eigenvalue weighted by Gasteiger charge is -2.23. The van der Waals surface area contributed by atoms with E-state index in [9.17, 15) is 0 Å². The smallest absolute Gasteiger partial charge is 0.112 e. The molecule has 3 nitrogen and oxygen atoms in total. The highest BCUT2D eigenvalue weighted by Crippen LogP contribution is 2.14. The van der Waals surface area contributed by atoms with Gasteiger partial charge in [-0.05, 0) is 0 Å². The molecular weight excluding hydrogens is 116 g/mol. The van der Waals surface area contributed by atoms with Gasteiger partial charge in [0.15, 0.2) is 0 Å². The van der Waals surface area contributed by atoms with Crippen LogP contribution in [0.4, 0.5) is 0 Å². The summed E-state index contributed by atoms with van der Waals surface area (Å²) in [7, 11) is 0. The maximum absolute atomic E-state index is 5.37. The molecule has 0 spiro atoms. The minimum absolute atomic E-state index is 0.461. The van der Waals surface area contributed by atoms with Gasteiger partial charge in [-0.15, -0.1) is 0 Å². The van der Waals surface area contributed by atoms with Gasteiger partial charge in [-0.1, -0.05) is 0 Å². The van der Waals surface area contributed by atoms with E-state index in [-0.39, 0.29) is 0 Å². The fourth-order valence-corrected chi connectivity index (χ4v) is 1.45. The van der Waals surface area contributed by atoms with Crippen LogP contribution in [-0.2, 0) is 4.74 Å². The SMILES string of the molecule is C1[N]CC2CNCC2O1. The normalized spacial score (nSPS) is 42.7. The maximum Gasteiger partial charge on any atom is 0.112 e. The zero-order valence-electron chi connectivity index (χ0n) is 5.34. The van der Waals surface area contributed by atoms with Crippen molar-refractivity contribution in [1.29, 1.82) is 0 Å². The molecule has 0 aromatic heterocycles. The Labute approximate surface area is 54.8 Å². The van der Waals surface area contributed by atoms with Gasteiger partial charge in [0.2, 0.25) is 0 Å². The van der Waals surface area contributed by atoms with E-state index in [0.717, 1.165) is 19.6 Å². The van der Waals surface area contributed by atoms with E-state index < -0.39 is 0 Å². The minimum atomic E-state index is 0.461. The van der Waals surface area contributed by atoms with Gasteiger partial charge in [-0.2, -0.15) is 0 Å². The molecule has 2 atom stereocenters. The molecule has 9 heavy (non-hydrogen) atoms. The lowest BCUT2D eigenvalue weighted by Crippen LogP contribution is -2.37. The first-order valence-electron chi connectivity index (χ1n) is 3.42. The number of ether oxygens (including phenoxy) is 1. The van der Waals surface area contributed by atoms with Gasteiger partial charge < -0.3 is 10.1 Å². The highest BCUT2D eigenvalue weighted by molar-refractivity contribution is 4.84. The number of nitrogens with zero attached hydrogens (tertiary/aromatic N) is 1. The largest absolute Gasteiger partial charge is 0.360 e. The molecule has 2 aliphatic rings. The van der Waals surface area contributed by atoms with Crippen LogP contribution in [0.5, 0.6) is 0 Å². The molecule has 0 aliphatic carbocycles. The number of hydrogen-bond donors (Lipinski definition) is 1. The van der Waals surface area contributed by atoms with Crippen LogP contribution in [0.1, 0.15) is 0 Å². The molecule has 2 saturated heterocycles. The van der Waals surface area contributed by atoms with Gasteiger partial charge in [0.25, 0.3) is 0 Å². The molecule has 2 fully saturated rings. The van der Waals surface area contributed by atoms with Gasteiger partial charge in [0, 0.05) is 25.6 Å². The summed E-state index contributed by atoms with van der Waals surface area (Å²) >= 11 is 0. The number of fused-ring (bicyclic) bond motifs is 1. The molecule has 3 heteroatoms. The summed E-state index contributed by atoms with van der Waals surface area (Å²) in [5, 5.41) is 7.44. The summed E-state index contributed by atoms with van der Waals surface area (Å²) in [5.74, 6) is 0.666. The molecule has 2 aliphatic heterocycles. The quantitative estimate of drug-likeness (QED) is 0.461. The molecular formula is C6H11N2O. The summed E-state index contributed by atoms with van der Waals surface area (Å²) in [6, 6.07) is 0. The predicted molar refractivity (Wildman–Crippen MR) is 33.1 cm³/mol. The standard InChI is InChI=1S/C6H11N2O/c1-5-2-8-4-9-6(5)3-7-1/h5-7H,1-4H2. The molecule has 51 valence electrons. The third-order valence-corrected chi connectivity index (χ3v) is 2.02. The maximum atomic E-state index is 5.37. The second-order valence-electron chi connectivity index (χ2n) is 2.66. The van der Waals surface area contributed by atoms with Gasteiger partial charge >= 0.3 is 0 Å². The fraction of sp³-hybridized carbons (Fsp3) is 1.00. The minimum Gasteiger partial charge on any atom is -0.360 e. The van der Waals surface area contributed by atoms with Gasteiger partial charge in [0.1, 0.15) is 6.73 Å². The summed E-state index contributed by atoms with van der Waals surface area (Å²) in [4.78, 5) is 0. The van der Waals surface area contributed by atoms with Crippen LogP contribution in [0.2, 0.25) is 0 Å². The third kappa shape index (κ3) is 0.956.